The Kier molecular flexibility index (Phi) is 5.22. The van der Waals surface area contributed by atoms with Gasteiger partial charge >= 0.3 is 6.03 Å². The molecule has 0 bridgehead atoms. The van der Waals surface area contributed by atoms with Crippen molar-refractivity contribution in [3.8, 4) is 11.3 Å². The van der Waals surface area contributed by atoms with E-state index in [1.807, 2.05) is 36.4 Å². The first-order chi connectivity index (χ1) is 11.6. The minimum Gasteiger partial charge on any atom is -0.308 e. The molecule has 0 fully saturated rings. The molecule has 2 aromatic heterocycles. The van der Waals surface area contributed by atoms with Gasteiger partial charge in [0.25, 0.3) is 0 Å². The van der Waals surface area contributed by atoms with Gasteiger partial charge in [0.05, 0.1) is 5.69 Å². The molecule has 2 heterocycles. The normalized spacial score (nSPS) is 10.2. The zero-order chi connectivity index (χ0) is 16.9. The van der Waals surface area contributed by atoms with Crippen molar-refractivity contribution in [3.05, 3.63) is 69.9 Å². The molecule has 24 heavy (non-hydrogen) atoms. The fourth-order valence-corrected chi connectivity index (χ4v) is 2.67. The summed E-state index contributed by atoms with van der Waals surface area (Å²) in [6, 6.07) is 14.3. The lowest BCUT2D eigenvalue weighted by atomic mass is 10.2. The summed E-state index contributed by atoms with van der Waals surface area (Å²) in [5.74, 6) is 0.470. The van der Waals surface area contributed by atoms with Crippen LogP contribution in [0.15, 0.2) is 69.9 Å². The summed E-state index contributed by atoms with van der Waals surface area (Å²) in [7, 11) is 0. The number of carbonyl (C=O) groups is 1. The molecule has 0 atom stereocenters. The quantitative estimate of drug-likeness (QED) is 0.571. The summed E-state index contributed by atoms with van der Waals surface area (Å²) in [4.78, 5) is 20.6. The van der Waals surface area contributed by atoms with Crippen molar-refractivity contribution in [2.75, 3.05) is 10.6 Å². The van der Waals surface area contributed by atoms with Crippen molar-refractivity contribution in [3.63, 3.8) is 0 Å². The molecule has 0 unspecified atom stereocenters. The first-order valence-electron chi connectivity index (χ1n) is 7.02. The predicted octanol–water partition coefficient (Wildman–Crippen LogP) is 5.31. The third-order valence-electron chi connectivity index (χ3n) is 3.14. The second-order valence-corrected chi connectivity index (χ2v) is 6.56. The van der Waals surface area contributed by atoms with Crippen LogP contribution in [0.3, 0.4) is 0 Å². The van der Waals surface area contributed by atoms with Gasteiger partial charge in [0.1, 0.15) is 5.82 Å². The Morgan fingerprint density at radius 2 is 1.71 bits per heavy atom. The molecule has 3 rings (SSSR count). The summed E-state index contributed by atoms with van der Waals surface area (Å²) < 4.78 is 1.78. The Labute approximate surface area is 155 Å². The number of carbonyl (C=O) groups excluding carboxylic acids is 1. The highest BCUT2D eigenvalue weighted by molar-refractivity contribution is 9.13. The van der Waals surface area contributed by atoms with E-state index in [-0.39, 0.29) is 6.03 Å². The van der Waals surface area contributed by atoms with Gasteiger partial charge in [0, 0.05) is 32.6 Å². The molecule has 7 heteroatoms. The van der Waals surface area contributed by atoms with Gasteiger partial charge in [0.2, 0.25) is 0 Å². The van der Waals surface area contributed by atoms with Gasteiger partial charge < -0.3 is 5.32 Å². The summed E-state index contributed by atoms with van der Waals surface area (Å²) in [6.45, 7) is 0. The maximum absolute atomic E-state index is 12.1. The number of anilines is 2. The average Bonchev–Trinajstić information content (AvgIpc) is 2.59. The summed E-state index contributed by atoms with van der Waals surface area (Å²) in [5, 5.41) is 5.50. The molecular weight excluding hydrogens is 436 g/mol. The van der Waals surface area contributed by atoms with Crippen LogP contribution in [0.4, 0.5) is 16.3 Å². The lowest BCUT2D eigenvalue weighted by Crippen LogP contribution is -2.20. The molecule has 0 radical (unpaired) electrons. The highest BCUT2D eigenvalue weighted by atomic mass is 79.9. The standard InChI is InChI=1S/C17H12Br2N4O/c18-13-5-4-12(10-14(13)19)21-17(24)23-16-3-1-2-15(22-16)11-6-8-20-9-7-11/h1-10H,(H2,21,22,23,24). The van der Waals surface area contributed by atoms with E-state index >= 15 is 0 Å². The van der Waals surface area contributed by atoms with Gasteiger partial charge in [-0.2, -0.15) is 0 Å². The van der Waals surface area contributed by atoms with E-state index in [1.54, 1.807) is 24.5 Å². The monoisotopic (exact) mass is 446 g/mol. The maximum atomic E-state index is 12.1. The Morgan fingerprint density at radius 3 is 2.46 bits per heavy atom. The number of amides is 2. The number of hydrogen-bond acceptors (Lipinski definition) is 3. The van der Waals surface area contributed by atoms with E-state index in [2.05, 4.69) is 52.5 Å². The summed E-state index contributed by atoms with van der Waals surface area (Å²) in [5.41, 5.74) is 2.38. The van der Waals surface area contributed by atoms with E-state index in [0.717, 1.165) is 20.2 Å². The molecule has 0 aliphatic rings. The van der Waals surface area contributed by atoms with Crippen LogP contribution in [0, 0.1) is 0 Å². The van der Waals surface area contributed by atoms with Crippen LogP contribution in [0.25, 0.3) is 11.3 Å². The molecule has 5 nitrogen and oxygen atoms in total. The summed E-state index contributed by atoms with van der Waals surface area (Å²) in [6.07, 6.45) is 3.41. The van der Waals surface area contributed by atoms with Crippen LogP contribution in [0.1, 0.15) is 0 Å². The van der Waals surface area contributed by atoms with Crippen LogP contribution in [0.5, 0.6) is 0 Å². The van der Waals surface area contributed by atoms with Gasteiger partial charge in [-0.25, -0.2) is 9.78 Å². The number of benzene rings is 1. The second-order valence-electron chi connectivity index (χ2n) is 4.85. The molecule has 2 amide bonds. The first-order valence-corrected chi connectivity index (χ1v) is 8.61. The Balaban J connectivity index is 1.71. The van der Waals surface area contributed by atoms with Crippen LogP contribution < -0.4 is 10.6 Å². The maximum Gasteiger partial charge on any atom is 0.324 e. The fraction of sp³-hybridized carbons (Fsp3) is 0. The third kappa shape index (κ3) is 4.18. The van der Waals surface area contributed by atoms with Crippen molar-refractivity contribution in [2.24, 2.45) is 0 Å². The lowest BCUT2D eigenvalue weighted by molar-refractivity contribution is 0.262. The molecule has 3 aromatic rings. The molecule has 2 N–H and O–H groups in total. The molecule has 0 aliphatic carbocycles. The second kappa shape index (κ2) is 7.55. The van der Waals surface area contributed by atoms with E-state index < -0.39 is 0 Å². The highest BCUT2D eigenvalue weighted by Crippen LogP contribution is 2.26. The molecule has 0 aliphatic heterocycles. The Hall–Kier alpha value is -2.25. The molecule has 120 valence electrons. The number of pyridine rings is 2. The molecule has 1 aromatic carbocycles. The number of rotatable bonds is 3. The summed E-state index contributed by atoms with van der Waals surface area (Å²) >= 11 is 6.79. The molecule has 0 saturated heterocycles. The largest absolute Gasteiger partial charge is 0.324 e. The first kappa shape index (κ1) is 16.6. The number of aromatic nitrogens is 2. The van der Waals surface area contributed by atoms with Gasteiger partial charge in [-0.3, -0.25) is 10.3 Å². The fourth-order valence-electron chi connectivity index (χ4n) is 2.04. The van der Waals surface area contributed by atoms with Crippen LogP contribution >= 0.6 is 31.9 Å². The minimum atomic E-state index is -0.358. The zero-order valence-electron chi connectivity index (χ0n) is 12.3. The highest BCUT2D eigenvalue weighted by Gasteiger charge is 2.06. The van der Waals surface area contributed by atoms with E-state index in [1.165, 1.54) is 0 Å². The number of nitrogens with one attached hydrogen (secondary N) is 2. The van der Waals surface area contributed by atoms with Crippen LogP contribution in [0.2, 0.25) is 0 Å². The number of hydrogen-bond donors (Lipinski definition) is 2. The molecule has 0 saturated carbocycles. The zero-order valence-corrected chi connectivity index (χ0v) is 15.5. The molecular formula is C17H12Br2N4O. The van der Waals surface area contributed by atoms with E-state index in [9.17, 15) is 4.79 Å². The van der Waals surface area contributed by atoms with E-state index in [4.69, 9.17) is 0 Å². The van der Waals surface area contributed by atoms with Gasteiger partial charge in [-0.15, -0.1) is 0 Å². The average molecular weight is 448 g/mol. The molecule has 0 spiro atoms. The SMILES string of the molecule is O=C(Nc1ccc(Br)c(Br)c1)Nc1cccc(-c2ccncc2)n1. The Bertz CT molecular complexity index is 871. The topological polar surface area (TPSA) is 66.9 Å². The lowest BCUT2D eigenvalue weighted by Gasteiger charge is -2.09. The van der Waals surface area contributed by atoms with Crippen LogP contribution in [-0.2, 0) is 0 Å². The predicted molar refractivity (Wildman–Crippen MR) is 102 cm³/mol. The smallest absolute Gasteiger partial charge is 0.308 e. The third-order valence-corrected chi connectivity index (χ3v) is 5.02. The van der Waals surface area contributed by atoms with Crippen molar-refractivity contribution in [2.45, 2.75) is 0 Å². The van der Waals surface area contributed by atoms with Gasteiger partial charge in [-0.1, -0.05) is 6.07 Å². The van der Waals surface area contributed by atoms with E-state index in [0.29, 0.717) is 11.5 Å². The number of urea groups is 1. The minimum absolute atomic E-state index is 0.358. The van der Waals surface area contributed by atoms with Crippen molar-refractivity contribution < 1.29 is 4.79 Å². The van der Waals surface area contributed by atoms with Crippen molar-refractivity contribution in [1.82, 2.24) is 9.97 Å². The number of halogens is 2. The number of nitrogens with zero attached hydrogens (tertiary/aromatic N) is 2. The van der Waals surface area contributed by atoms with Gasteiger partial charge in [-0.05, 0) is 74.3 Å². The van der Waals surface area contributed by atoms with Crippen LogP contribution in [-0.4, -0.2) is 16.0 Å². The van der Waals surface area contributed by atoms with Gasteiger partial charge in [0.15, 0.2) is 0 Å². The Morgan fingerprint density at radius 1 is 0.917 bits per heavy atom. The van der Waals surface area contributed by atoms with Crippen molar-refractivity contribution >= 4 is 49.4 Å². The van der Waals surface area contributed by atoms with Crippen molar-refractivity contribution in [1.29, 1.82) is 0 Å².